The number of para-hydroxylation sites is 2. The predicted molar refractivity (Wildman–Crippen MR) is 102 cm³/mol. The van der Waals surface area contributed by atoms with Gasteiger partial charge in [0, 0.05) is 22.6 Å². The second-order valence-electron chi connectivity index (χ2n) is 6.57. The first-order valence-corrected chi connectivity index (χ1v) is 9.06. The Morgan fingerprint density at radius 3 is 2.60 bits per heavy atom. The third-order valence-corrected chi connectivity index (χ3v) is 4.81. The van der Waals surface area contributed by atoms with Crippen molar-refractivity contribution in [1.29, 1.82) is 0 Å². The summed E-state index contributed by atoms with van der Waals surface area (Å²) in [5, 5.41) is 16.9. The van der Waals surface area contributed by atoms with Crippen LogP contribution < -0.4 is 10.6 Å². The maximum atomic E-state index is 12.0. The van der Waals surface area contributed by atoms with Crippen LogP contribution in [0.4, 0.5) is 16.2 Å². The van der Waals surface area contributed by atoms with Crippen molar-refractivity contribution in [3.8, 4) is 0 Å². The largest absolute Gasteiger partial charge is 0.446 e. The molecule has 0 radical (unpaired) electrons. The number of rotatable bonds is 9. The molecule has 2 N–H and O–H groups in total. The minimum Gasteiger partial charge on any atom is -0.446 e. The van der Waals surface area contributed by atoms with Gasteiger partial charge in [0.15, 0.2) is 0 Å². The van der Waals surface area contributed by atoms with E-state index in [1.165, 1.54) is 12.1 Å². The summed E-state index contributed by atoms with van der Waals surface area (Å²) in [5.74, 6) is 0. The second kappa shape index (κ2) is 9.62. The molecule has 8 heteroatoms. The van der Waals surface area contributed by atoms with Gasteiger partial charge in [-0.15, -0.1) is 0 Å². The van der Waals surface area contributed by atoms with Gasteiger partial charge in [0.05, 0.1) is 4.92 Å². The summed E-state index contributed by atoms with van der Waals surface area (Å²) >= 11 is 1.83. The van der Waals surface area contributed by atoms with Crippen LogP contribution in [0.2, 0.25) is 0 Å². The van der Waals surface area contributed by atoms with Gasteiger partial charge >= 0.3 is 6.09 Å². The zero-order valence-corrected chi connectivity index (χ0v) is 16.2. The van der Waals surface area contributed by atoms with Crippen LogP contribution in [-0.2, 0) is 4.74 Å². The van der Waals surface area contributed by atoms with E-state index in [0.29, 0.717) is 11.7 Å². The first-order chi connectivity index (χ1) is 11.6. The van der Waals surface area contributed by atoms with Crippen molar-refractivity contribution in [1.82, 2.24) is 5.32 Å². The molecule has 0 aromatic heterocycles. The number of hydrogen-bond acceptors (Lipinski definition) is 6. The van der Waals surface area contributed by atoms with Crippen molar-refractivity contribution in [2.75, 3.05) is 18.9 Å². The van der Waals surface area contributed by atoms with Crippen LogP contribution in [0.3, 0.4) is 0 Å². The molecule has 0 saturated carbocycles. The standard InChI is InChI=1S/C17H27N3O4S/c1-12(10-13(2)25-17(3,4)11-18-5)24-16(21)19-14-8-6-7-9-15(14)20(22)23/h6-9,12-13,18H,10-11H2,1-5H3,(H,19,21). The van der Waals surface area contributed by atoms with Gasteiger partial charge in [0.1, 0.15) is 11.8 Å². The maximum absolute atomic E-state index is 12.0. The zero-order valence-electron chi connectivity index (χ0n) is 15.4. The molecule has 25 heavy (non-hydrogen) atoms. The van der Waals surface area contributed by atoms with Gasteiger partial charge in [0.25, 0.3) is 5.69 Å². The van der Waals surface area contributed by atoms with Crippen molar-refractivity contribution >= 4 is 29.2 Å². The number of nitro groups is 1. The number of nitrogens with one attached hydrogen (secondary N) is 2. The monoisotopic (exact) mass is 369 g/mol. The van der Waals surface area contributed by atoms with Gasteiger partial charge in [-0.2, -0.15) is 11.8 Å². The lowest BCUT2D eigenvalue weighted by molar-refractivity contribution is -0.383. The third kappa shape index (κ3) is 7.74. The molecule has 1 aromatic carbocycles. The molecule has 0 aliphatic carbocycles. The summed E-state index contributed by atoms with van der Waals surface area (Å²) in [4.78, 5) is 22.4. The van der Waals surface area contributed by atoms with Gasteiger partial charge in [0.2, 0.25) is 0 Å². The maximum Gasteiger partial charge on any atom is 0.412 e. The van der Waals surface area contributed by atoms with Crippen LogP contribution >= 0.6 is 11.8 Å². The molecule has 0 aliphatic heterocycles. The van der Waals surface area contributed by atoms with Gasteiger partial charge in [-0.1, -0.05) is 19.1 Å². The van der Waals surface area contributed by atoms with Crippen molar-refractivity contribution in [2.24, 2.45) is 0 Å². The third-order valence-electron chi connectivity index (χ3n) is 3.43. The minimum absolute atomic E-state index is 0.0841. The average Bonchev–Trinajstić information content (AvgIpc) is 2.45. The Balaban J connectivity index is 2.53. The number of thioether (sulfide) groups is 1. The van der Waals surface area contributed by atoms with Gasteiger partial charge in [-0.25, -0.2) is 4.79 Å². The first kappa shape index (κ1) is 21.2. The fraction of sp³-hybridized carbons (Fsp3) is 0.588. The topological polar surface area (TPSA) is 93.5 Å². The molecule has 2 atom stereocenters. The number of nitro benzene ring substituents is 1. The Morgan fingerprint density at radius 2 is 2.00 bits per heavy atom. The van der Waals surface area contributed by atoms with Gasteiger partial charge < -0.3 is 10.1 Å². The van der Waals surface area contributed by atoms with Crippen LogP contribution in [0, 0.1) is 10.1 Å². The minimum atomic E-state index is -0.687. The molecule has 0 aliphatic rings. The fourth-order valence-corrected chi connectivity index (χ4v) is 4.32. The van der Waals surface area contributed by atoms with Gasteiger partial charge in [-0.05, 0) is 40.3 Å². The smallest absolute Gasteiger partial charge is 0.412 e. The van der Waals surface area contributed by atoms with Crippen molar-refractivity contribution in [3.05, 3.63) is 34.4 Å². The summed E-state index contributed by atoms with van der Waals surface area (Å²) in [6.45, 7) is 9.13. The summed E-state index contributed by atoms with van der Waals surface area (Å²) in [6, 6.07) is 5.97. The van der Waals surface area contributed by atoms with E-state index in [0.717, 1.165) is 6.54 Å². The molecular weight excluding hydrogens is 342 g/mol. The van der Waals surface area contributed by atoms with Crippen LogP contribution in [0.25, 0.3) is 0 Å². The van der Waals surface area contributed by atoms with E-state index in [2.05, 4.69) is 31.4 Å². The van der Waals surface area contributed by atoms with Crippen LogP contribution in [0.15, 0.2) is 24.3 Å². The highest BCUT2D eigenvalue weighted by Gasteiger charge is 2.23. The number of amides is 1. The normalized spacial score (nSPS) is 13.8. The Morgan fingerprint density at radius 1 is 1.36 bits per heavy atom. The number of nitrogens with zero attached hydrogens (tertiary/aromatic N) is 1. The summed E-state index contributed by atoms with van der Waals surface area (Å²) in [5.41, 5.74) is -0.0351. The molecule has 0 saturated heterocycles. The number of hydrogen-bond donors (Lipinski definition) is 2. The summed E-state index contributed by atoms with van der Waals surface area (Å²) in [6.07, 6.45) is -0.286. The molecular formula is C17H27N3O4S. The van der Waals surface area contributed by atoms with Gasteiger partial charge in [-0.3, -0.25) is 15.4 Å². The average molecular weight is 369 g/mol. The van der Waals surface area contributed by atoms with E-state index < -0.39 is 11.0 Å². The SMILES string of the molecule is CNCC(C)(C)SC(C)CC(C)OC(=O)Nc1ccccc1[N+](=O)[O-]. The van der Waals surface area contributed by atoms with E-state index in [4.69, 9.17) is 4.74 Å². The number of benzene rings is 1. The Hall–Kier alpha value is -1.80. The lowest BCUT2D eigenvalue weighted by atomic mass is 10.2. The molecule has 0 spiro atoms. The van der Waals surface area contributed by atoms with Crippen molar-refractivity contribution < 1.29 is 14.5 Å². The van der Waals surface area contributed by atoms with Crippen LogP contribution in [0.5, 0.6) is 0 Å². The van der Waals surface area contributed by atoms with Crippen LogP contribution in [-0.4, -0.2) is 40.7 Å². The van der Waals surface area contributed by atoms with Crippen molar-refractivity contribution in [3.63, 3.8) is 0 Å². The Kier molecular flexibility index (Phi) is 8.18. The van der Waals surface area contributed by atoms with E-state index in [1.807, 2.05) is 25.7 Å². The van der Waals surface area contributed by atoms with E-state index in [-0.39, 0.29) is 22.2 Å². The molecule has 140 valence electrons. The Bertz CT molecular complexity index is 595. The lowest BCUT2D eigenvalue weighted by Crippen LogP contribution is -2.32. The quantitative estimate of drug-likeness (QED) is 0.504. The second-order valence-corrected chi connectivity index (χ2v) is 8.71. The molecule has 1 rings (SSSR count). The molecule has 0 heterocycles. The molecule has 1 amide bonds. The van der Waals surface area contributed by atoms with E-state index >= 15 is 0 Å². The molecule has 1 aromatic rings. The fourth-order valence-electron chi connectivity index (χ4n) is 2.64. The number of carbonyl (C=O) groups excluding carboxylic acids is 1. The predicted octanol–water partition coefficient (Wildman–Crippen LogP) is 4.04. The highest BCUT2D eigenvalue weighted by Crippen LogP contribution is 2.31. The highest BCUT2D eigenvalue weighted by molar-refractivity contribution is 8.01. The van der Waals surface area contributed by atoms with E-state index in [9.17, 15) is 14.9 Å². The van der Waals surface area contributed by atoms with Crippen LogP contribution in [0.1, 0.15) is 34.1 Å². The molecule has 0 bridgehead atoms. The Labute approximate surface area is 153 Å². The highest BCUT2D eigenvalue weighted by atomic mass is 32.2. The van der Waals surface area contributed by atoms with E-state index in [1.54, 1.807) is 12.1 Å². The number of anilines is 1. The lowest BCUT2D eigenvalue weighted by Gasteiger charge is -2.28. The first-order valence-electron chi connectivity index (χ1n) is 8.18. The summed E-state index contributed by atoms with van der Waals surface area (Å²) < 4.78 is 5.42. The summed E-state index contributed by atoms with van der Waals surface area (Å²) in [7, 11) is 1.92. The molecule has 2 unspecified atom stereocenters. The van der Waals surface area contributed by atoms with Crippen molar-refractivity contribution in [2.45, 2.75) is 50.2 Å². The molecule has 7 nitrogen and oxygen atoms in total. The zero-order chi connectivity index (χ0) is 19.0. The molecule has 0 fully saturated rings. The number of ether oxygens (including phenoxy) is 1. The number of carbonyl (C=O) groups is 1.